The largest absolute Gasteiger partial charge is 0.449 e. The van der Waals surface area contributed by atoms with E-state index in [0.717, 1.165) is 12.8 Å². The molecule has 2 aromatic carbocycles. The Kier molecular flexibility index (Phi) is 6.66. The first-order valence-corrected chi connectivity index (χ1v) is 11.0. The van der Waals surface area contributed by atoms with Gasteiger partial charge in [-0.1, -0.05) is 18.2 Å². The van der Waals surface area contributed by atoms with Crippen LogP contribution in [0.15, 0.2) is 53.4 Å². The van der Waals surface area contributed by atoms with Crippen LogP contribution in [0.3, 0.4) is 0 Å². The average Bonchev–Trinajstić information content (AvgIpc) is 3.30. The van der Waals surface area contributed by atoms with Crippen molar-refractivity contribution in [1.82, 2.24) is 4.31 Å². The molecule has 11 heteroatoms. The summed E-state index contributed by atoms with van der Waals surface area (Å²) in [5.41, 5.74) is -0.348. The van der Waals surface area contributed by atoms with Crippen molar-refractivity contribution < 1.29 is 27.7 Å². The topological polar surface area (TPSA) is 136 Å². The number of esters is 1. The summed E-state index contributed by atoms with van der Waals surface area (Å²) in [5.74, 6) is -1.65. The molecule has 2 aromatic rings. The van der Waals surface area contributed by atoms with Crippen molar-refractivity contribution in [2.24, 2.45) is 0 Å². The maximum atomic E-state index is 12.7. The van der Waals surface area contributed by atoms with E-state index in [1.54, 1.807) is 0 Å². The van der Waals surface area contributed by atoms with E-state index >= 15 is 0 Å². The van der Waals surface area contributed by atoms with Gasteiger partial charge in [-0.3, -0.25) is 14.9 Å². The lowest BCUT2D eigenvalue weighted by Crippen LogP contribution is -2.30. The molecule has 1 amide bonds. The second kappa shape index (κ2) is 9.23. The van der Waals surface area contributed by atoms with Gasteiger partial charge in [0.05, 0.1) is 15.4 Å². The molecule has 10 nitrogen and oxygen atoms in total. The van der Waals surface area contributed by atoms with E-state index in [0.29, 0.717) is 13.1 Å². The smallest absolute Gasteiger partial charge is 0.338 e. The van der Waals surface area contributed by atoms with Gasteiger partial charge in [0.15, 0.2) is 6.10 Å². The third-order valence-corrected chi connectivity index (χ3v) is 6.68. The Labute approximate surface area is 179 Å². The van der Waals surface area contributed by atoms with Gasteiger partial charge in [0.25, 0.3) is 11.6 Å². The van der Waals surface area contributed by atoms with Crippen LogP contribution in [0.25, 0.3) is 0 Å². The summed E-state index contributed by atoms with van der Waals surface area (Å²) < 4.78 is 31.9. The Balaban J connectivity index is 1.70. The Bertz CT molecular complexity index is 1110. The second-order valence-corrected chi connectivity index (χ2v) is 8.89. The van der Waals surface area contributed by atoms with Crippen molar-refractivity contribution >= 4 is 33.3 Å². The predicted octanol–water partition coefficient (Wildman–Crippen LogP) is 2.56. The lowest BCUT2D eigenvalue weighted by Gasteiger charge is -2.16. The predicted molar refractivity (Wildman–Crippen MR) is 111 cm³/mol. The summed E-state index contributed by atoms with van der Waals surface area (Å²) in [4.78, 5) is 35.2. The first kappa shape index (κ1) is 22.4. The molecular weight excluding hydrogens is 426 g/mol. The number of nitro benzene ring substituents is 1. The molecular formula is C20H21N3O7S. The zero-order valence-corrected chi connectivity index (χ0v) is 17.5. The molecule has 1 saturated heterocycles. The molecule has 0 bridgehead atoms. The van der Waals surface area contributed by atoms with Crippen LogP contribution >= 0.6 is 0 Å². The Morgan fingerprint density at radius 1 is 1.13 bits per heavy atom. The highest BCUT2D eigenvalue weighted by Crippen LogP contribution is 2.24. The number of carbonyl (C=O) groups excluding carboxylic acids is 2. The molecule has 1 aliphatic rings. The number of nitro groups is 1. The van der Waals surface area contributed by atoms with Crippen LogP contribution in [0.5, 0.6) is 0 Å². The average molecular weight is 447 g/mol. The fourth-order valence-electron chi connectivity index (χ4n) is 3.12. The third-order valence-electron chi connectivity index (χ3n) is 4.78. The number of rotatable bonds is 7. The Morgan fingerprint density at radius 2 is 1.81 bits per heavy atom. The number of anilines is 1. The quantitative estimate of drug-likeness (QED) is 0.391. The van der Waals surface area contributed by atoms with Gasteiger partial charge in [-0.05, 0) is 44.0 Å². The molecule has 0 spiro atoms. The van der Waals surface area contributed by atoms with Crippen LogP contribution in [0.2, 0.25) is 0 Å². The maximum Gasteiger partial charge on any atom is 0.338 e. The number of ether oxygens (including phenoxy) is 1. The molecule has 1 atom stereocenters. The number of hydrogen-bond acceptors (Lipinski definition) is 7. The van der Waals surface area contributed by atoms with Crippen molar-refractivity contribution in [3.05, 3.63) is 64.2 Å². The van der Waals surface area contributed by atoms with Crippen LogP contribution in [0, 0.1) is 10.1 Å². The number of nitrogens with one attached hydrogen (secondary N) is 1. The molecule has 0 aliphatic carbocycles. The maximum absolute atomic E-state index is 12.7. The Morgan fingerprint density at radius 3 is 2.48 bits per heavy atom. The summed E-state index contributed by atoms with van der Waals surface area (Å²) in [6, 6.07) is 11.0. The van der Waals surface area contributed by atoms with Crippen molar-refractivity contribution in [3.8, 4) is 0 Å². The van der Waals surface area contributed by atoms with E-state index in [1.165, 1.54) is 59.8 Å². The van der Waals surface area contributed by atoms with Crippen LogP contribution < -0.4 is 5.32 Å². The monoisotopic (exact) mass is 447 g/mol. The highest BCUT2D eigenvalue weighted by molar-refractivity contribution is 7.89. The van der Waals surface area contributed by atoms with E-state index in [2.05, 4.69) is 5.32 Å². The minimum atomic E-state index is -3.71. The number of sulfonamides is 1. The van der Waals surface area contributed by atoms with Gasteiger partial charge in [0, 0.05) is 19.2 Å². The molecule has 1 unspecified atom stereocenters. The van der Waals surface area contributed by atoms with E-state index in [1.807, 2.05) is 0 Å². The van der Waals surface area contributed by atoms with Gasteiger partial charge < -0.3 is 10.1 Å². The summed E-state index contributed by atoms with van der Waals surface area (Å²) in [5, 5.41) is 13.4. The van der Waals surface area contributed by atoms with E-state index in [9.17, 15) is 28.1 Å². The normalized spacial score (nSPS) is 15.3. The number of benzene rings is 2. The van der Waals surface area contributed by atoms with E-state index in [4.69, 9.17) is 4.74 Å². The highest BCUT2D eigenvalue weighted by Gasteiger charge is 2.28. The molecule has 1 heterocycles. The van der Waals surface area contributed by atoms with Gasteiger partial charge in [-0.2, -0.15) is 4.31 Å². The zero-order chi connectivity index (χ0) is 22.6. The Hall–Kier alpha value is -3.31. The zero-order valence-electron chi connectivity index (χ0n) is 16.7. The molecule has 0 aromatic heterocycles. The molecule has 1 N–H and O–H groups in total. The fraction of sp³-hybridized carbons (Fsp3) is 0.300. The van der Waals surface area contributed by atoms with Gasteiger partial charge in [-0.25, -0.2) is 13.2 Å². The SMILES string of the molecule is CC(OC(=O)c1cccc(S(=O)(=O)N2CCCC2)c1)C(=O)Nc1ccccc1[N+](=O)[O-]. The molecule has 0 saturated carbocycles. The fourth-order valence-corrected chi connectivity index (χ4v) is 4.68. The van der Waals surface area contributed by atoms with Crippen molar-refractivity contribution in [1.29, 1.82) is 0 Å². The lowest BCUT2D eigenvalue weighted by atomic mass is 10.2. The number of carbonyl (C=O) groups is 2. The van der Waals surface area contributed by atoms with Crippen LogP contribution in [-0.2, 0) is 19.6 Å². The standard InChI is InChI=1S/C20H21N3O7S/c1-14(19(24)21-17-9-2-3-10-18(17)23(26)27)30-20(25)15-7-6-8-16(13-15)31(28,29)22-11-4-5-12-22/h2-3,6-10,13-14H,4-5,11-12H2,1H3,(H,21,24). The first-order chi connectivity index (χ1) is 14.7. The summed E-state index contributed by atoms with van der Waals surface area (Å²) in [6.07, 6.45) is 0.298. The number of amides is 1. The molecule has 3 rings (SSSR count). The minimum Gasteiger partial charge on any atom is -0.449 e. The van der Waals surface area contributed by atoms with Gasteiger partial charge in [-0.15, -0.1) is 0 Å². The molecule has 164 valence electrons. The van der Waals surface area contributed by atoms with E-state index < -0.39 is 32.9 Å². The summed E-state index contributed by atoms with van der Waals surface area (Å²) >= 11 is 0. The number of para-hydroxylation sites is 2. The van der Waals surface area contributed by atoms with E-state index in [-0.39, 0.29) is 21.8 Å². The number of nitrogens with zero attached hydrogens (tertiary/aromatic N) is 2. The summed E-state index contributed by atoms with van der Waals surface area (Å²) in [7, 11) is -3.71. The lowest BCUT2D eigenvalue weighted by molar-refractivity contribution is -0.383. The summed E-state index contributed by atoms with van der Waals surface area (Å²) in [6.45, 7) is 2.17. The van der Waals surface area contributed by atoms with Crippen molar-refractivity contribution in [3.63, 3.8) is 0 Å². The first-order valence-electron chi connectivity index (χ1n) is 9.55. The van der Waals surface area contributed by atoms with Crippen molar-refractivity contribution in [2.75, 3.05) is 18.4 Å². The minimum absolute atomic E-state index is 0.0226. The van der Waals surface area contributed by atoms with Crippen LogP contribution in [-0.4, -0.2) is 48.7 Å². The second-order valence-electron chi connectivity index (χ2n) is 6.95. The van der Waals surface area contributed by atoms with Crippen LogP contribution in [0.4, 0.5) is 11.4 Å². The van der Waals surface area contributed by atoms with Gasteiger partial charge in [0.2, 0.25) is 10.0 Å². The van der Waals surface area contributed by atoms with Crippen LogP contribution in [0.1, 0.15) is 30.1 Å². The molecule has 0 radical (unpaired) electrons. The third kappa shape index (κ3) is 5.06. The highest BCUT2D eigenvalue weighted by atomic mass is 32.2. The number of hydrogen-bond donors (Lipinski definition) is 1. The van der Waals surface area contributed by atoms with Crippen molar-refractivity contribution in [2.45, 2.75) is 30.8 Å². The van der Waals surface area contributed by atoms with Gasteiger partial charge in [0.1, 0.15) is 5.69 Å². The molecule has 1 aliphatic heterocycles. The van der Waals surface area contributed by atoms with Gasteiger partial charge >= 0.3 is 5.97 Å². The molecule has 31 heavy (non-hydrogen) atoms. The molecule has 1 fully saturated rings.